The van der Waals surface area contributed by atoms with Crippen molar-refractivity contribution in [2.75, 3.05) is 17.7 Å². The van der Waals surface area contributed by atoms with Crippen LogP contribution in [-0.4, -0.2) is 37.8 Å². The molecule has 2 aromatic heterocycles. The van der Waals surface area contributed by atoms with Crippen LogP contribution in [0, 0.1) is 0 Å². The second-order valence-electron chi connectivity index (χ2n) is 6.91. The Kier molecular flexibility index (Phi) is 7.21. The minimum atomic E-state index is -0.326. The van der Waals surface area contributed by atoms with E-state index in [1.54, 1.807) is 24.3 Å². The molecule has 0 saturated heterocycles. The number of rotatable bonds is 8. The van der Waals surface area contributed by atoms with Gasteiger partial charge in [-0.05, 0) is 36.8 Å². The molecule has 4 rings (SSSR count). The summed E-state index contributed by atoms with van der Waals surface area (Å²) in [6, 6.07) is 14.4. The number of anilines is 1. The second kappa shape index (κ2) is 10.5. The number of aromatic nitrogens is 4. The zero-order valence-corrected chi connectivity index (χ0v) is 19.3. The van der Waals surface area contributed by atoms with Gasteiger partial charge in [-0.3, -0.25) is 14.2 Å². The van der Waals surface area contributed by atoms with Gasteiger partial charge in [0.05, 0.1) is 24.6 Å². The number of para-hydroxylation sites is 2. The highest BCUT2D eigenvalue weighted by molar-refractivity contribution is 7.99. The van der Waals surface area contributed by atoms with Gasteiger partial charge in [0.1, 0.15) is 5.75 Å². The monoisotopic (exact) mass is 481 g/mol. The molecule has 0 fully saturated rings. The van der Waals surface area contributed by atoms with Crippen molar-refractivity contribution in [1.82, 2.24) is 19.5 Å². The Bertz CT molecular complexity index is 1340. The molecule has 33 heavy (non-hydrogen) atoms. The van der Waals surface area contributed by atoms with E-state index < -0.39 is 0 Å². The normalized spacial score (nSPS) is 10.8. The number of thioether (sulfide) groups is 1. The quantitative estimate of drug-likeness (QED) is 0.300. The maximum atomic E-state index is 13.1. The number of amides is 1. The zero-order chi connectivity index (χ0) is 23.2. The number of benzene rings is 2. The molecule has 0 aliphatic carbocycles. The van der Waals surface area contributed by atoms with Crippen molar-refractivity contribution in [3.63, 3.8) is 0 Å². The smallest absolute Gasteiger partial charge is 0.282 e. The molecule has 10 heteroatoms. The van der Waals surface area contributed by atoms with E-state index in [1.165, 1.54) is 17.0 Å². The number of fused-ring (bicyclic) bond motifs is 1. The summed E-state index contributed by atoms with van der Waals surface area (Å²) < 4.78 is 7.05. The van der Waals surface area contributed by atoms with Gasteiger partial charge in [-0.1, -0.05) is 47.6 Å². The van der Waals surface area contributed by atoms with Gasteiger partial charge in [0.25, 0.3) is 5.56 Å². The summed E-state index contributed by atoms with van der Waals surface area (Å²) in [6.07, 6.45) is 2.93. The molecule has 0 radical (unpaired) electrons. The number of nitrogens with one attached hydrogen (secondary N) is 1. The van der Waals surface area contributed by atoms with Crippen molar-refractivity contribution in [2.45, 2.75) is 18.6 Å². The van der Waals surface area contributed by atoms with Crippen LogP contribution in [0.15, 0.2) is 70.9 Å². The van der Waals surface area contributed by atoms with Gasteiger partial charge in [0.15, 0.2) is 16.3 Å². The average Bonchev–Trinajstić information content (AvgIpc) is 2.82. The summed E-state index contributed by atoms with van der Waals surface area (Å²) in [5.41, 5.74) is 1.53. The van der Waals surface area contributed by atoms with Gasteiger partial charge < -0.3 is 10.1 Å². The van der Waals surface area contributed by atoms with Crippen molar-refractivity contribution >= 4 is 46.1 Å². The van der Waals surface area contributed by atoms with Crippen LogP contribution in [0.1, 0.15) is 12.5 Å². The lowest BCUT2D eigenvalue weighted by molar-refractivity contribution is -0.113. The summed E-state index contributed by atoms with van der Waals surface area (Å²) in [4.78, 5) is 38.6. The van der Waals surface area contributed by atoms with Gasteiger partial charge in [0, 0.05) is 17.4 Å². The summed E-state index contributed by atoms with van der Waals surface area (Å²) in [6.45, 7) is 2.62. The Labute approximate surface area is 199 Å². The Hall–Kier alpha value is -3.43. The summed E-state index contributed by atoms with van der Waals surface area (Å²) in [5.74, 6) is 0.384. The number of carbonyl (C=O) groups excluding carboxylic acids is 1. The Morgan fingerprint density at radius 2 is 1.88 bits per heavy atom. The van der Waals surface area contributed by atoms with E-state index in [4.69, 9.17) is 16.3 Å². The molecule has 1 amide bonds. The minimum absolute atomic E-state index is 0.0410. The molecule has 2 heterocycles. The Balaban J connectivity index is 1.59. The van der Waals surface area contributed by atoms with E-state index in [0.29, 0.717) is 28.2 Å². The molecule has 0 atom stereocenters. The number of hydrogen-bond acceptors (Lipinski definition) is 7. The van der Waals surface area contributed by atoms with E-state index in [0.717, 1.165) is 17.3 Å². The molecule has 0 aliphatic heterocycles. The predicted molar refractivity (Wildman–Crippen MR) is 129 cm³/mol. The highest BCUT2D eigenvalue weighted by Crippen LogP contribution is 2.25. The van der Waals surface area contributed by atoms with E-state index in [2.05, 4.69) is 20.3 Å². The lowest BCUT2D eigenvalue weighted by Crippen LogP contribution is -2.25. The fourth-order valence-electron chi connectivity index (χ4n) is 3.12. The Morgan fingerprint density at radius 1 is 1.12 bits per heavy atom. The molecular formula is C23H20ClN5O3S. The molecule has 2 aromatic carbocycles. The van der Waals surface area contributed by atoms with E-state index >= 15 is 0 Å². The van der Waals surface area contributed by atoms with Gasteiger partial charge in [-0.2, -0.15) is 0 Å². The van der Waals surface area contributed by atoms with Crippen LogP contribution in [0.25, 0.3) is 11.2 Å². The van der Waals surface area contributed by atoms with Crippen LogP contribution in [0.2, 0.25) is 5.02 Å². The third-order valence-corrected chi connectivity index (χ3v) is 5.83. The molecule has 0 bridgehead atoms. The molecular weight excluding hydrogens is 462 g/mol. The van der Waals surface area contributed by atoms with Crippen LogP contribution in [0.4, 0.5) is 5.69 Å². The topological polar surface area (TPSA) is 99.0 Å². The van der Waals surface area contributed by atoms with E-state index in [-0.39, 0.29) is 34.9 Å². The summed E-state index contributed by atoms with van der Waals surface area (Å²) in [5, 5.41) is 3.83. The predicted octanol–water partition coefficient (Wildman–Crippen LogP) is 4.02. The fourth-order valence-corrected chi connectivity index (χ4v) is 4.03. The third-order valence-electron chi connectivity index (χ3n) is 4.61. The Morgan fingerprint density at radius 3 is 2.67 bits per heavy atom. The highest BCUT2D eigenvalue weighted by Gasteiger charge is 2.16. The van der Waals surface area contributed by atoms with Crippen molar-refractivity contribution in [1.29, 1.82) is 0 Å². The molecule has 4 aromatic rings. The number of halogens is 1. The molecule has 0 unspecified atom stereocenters. The molecule has 8 nitrogen and oxygen atoms in total. The van der Waals surface area contributed by atoms with E-state index in [9.17, 15) is 9.59 Å². The number of nitrogens with zero attached hydrogens (tertiary/aromatic N) is 4. The summed E-state index contributed by atoms with van der Waals surface area (Å²) in [7, 11) is 0. The SMILES string of the molecule is CCOc1ccccc1NC(=O)CSc1nc2nccnc2c(=O)n1Cc1ccc(Cl)cc1. The molecule has 168 valence electrons. The first-order chi connectivity index (χ1) is 16.0. The van der Waals surface area contributed by atoms with Crippen LogP contribution in [0.5, 0.6) is 5.75 Å². The number of carbonyl (C=O) groups is 1. The first kappa shape index (κ1) is 22.8. The lowest BCUT2D eigenvalue weighted by Gasteiger charge is -2.13. The van der Waals surface area contributed by atoms with Crippen molar-refractivity contribution in [2.24, 2.45) is 0 Å². The lowest BCUT2D eigenvalue weighted by atomic mass is 10.2. The van der Waals surface area contributed by atoms with Crippen molar-refractivity contribution < 1.29 is 9.53 Å². The second-order valence-corrected chi connectivity index (χ2v) is 8.29. The zero-order valence-electron chi connectivity index (χ0n) is 17.7. The van der Waals surface area contributed by atoms with Crippen molar-refractivity contribution in [3.05, 3.63) is 81.9 Å². The standard InChI is InChI=1S/C23H20ClN5O3S/c1-2-32-18-6-4-3-5-17(18)27-19(30)14-33-23-28-21-20(25-11-12-26-21)22(31)29(23)13-15-7-9-16(24)10-8-15/h3-12H,2,13-14H2,1H3,(H,27,30). The number of hydrogen-bond donors (Lipinski definition) is 1. The first-order valence-corrected chi connectivity index (χ1v) is 11.5. The maximum absolute atomic E-state index is 13.1. The van der Waals surface area contributed by atoms with Crippen LogP contribution in [-0.2, 0) is 11.3 Å². The average molecular weight is 482 g/mol. The third kappa shape index (κ3) is 5.50. The summed E-state index contributed by atoms with van der Waals surface area (Å²) >= 11 is 7.13. The maximum Gasteiger partial charge on any atom is 0.282 e. The first-order valence-electron chi connectivity index (χ1n) is 10.2. The number of ether oxygens (including phenoxy) is 1. The molecule has 0 saturated carbocycles. The van der Waals surface area contributed by atoms with Gasteiger partial charge >= 0.3 is 0 Å². The van der Waals surface area contributed by atoms with Gasteiger partial charge in [-0.25, -0.2) is 15.0 Å². The van der Waals surface area contributed by atoms with Gasteiger partial charge in [0.2, 0.25) is 5.91 Å². The van der Waals surface area contributed by atoms with E-state index in [1.807, 2.05) is 31.2 Å². The largest absolute Gasteiger partial charge is 0.492 e. The molecule has 0 spiro atoms. The fraction of sp³-hybridized carbons (Fsp3) is 0.174. The van der Waals surface area contributed by atoms with Crippen LogP contribution in [0.3, 0.4) is 0 Å². The molecule has 0 aliphatic rings. The molecule has 1 N–H and O–H groups in total. The van der Waals surface area contributed by atoms with Crippen LogP contribution < -0.4 is 15.6 Å². The van der Waals surface area contributed by atoms with Crippen LogP contribution >= 0.6 is 23.4 Å². The van der Waals surface area contributed by atoms with Gasteiger partial charge in [-0.15, -0.1) is 0 Å². The van der Waals surface area contributed by atoms with Crippen molar-refractivity contribution in [3.8, 4) is 5.75 Å². The minimum Gasteiger partial charge on any atom is -0.492 e. The highest BCUT2D eigenvalue weighted by atomic mass is 35.5.